The van der Waals surface area contributed by atoms with Gasteiger partial charge >= 0.3 is 6.18 Å². The fraction of sp³-hybridized carbons (Fsp3) is 1.00. The molecule has 0 saturated heterocycles. The molecule has 0 fully saturated rings. The number of hydrogen-bond donors (Lipinski definition) is 1. The lowest BCUT2D eigenvalue weighted by atomic mass is 10.2. The molecule has 0 bridgehead atoms. The van der Waals surface area contributed by atoms with Gasteiger partial charge in [-0.3, -0.25) is 4.57 Å². The molecule has 7 heteroatoms. The van der Waals surface area contributed by atoms with E-state index in [-0.39, 0.29) is 13.0 Å². The Morgan fingerprint density at radius 3 is 2.33 bits per heavy atom. The van der Waals surface area contributed by atoms with Crippen LogP contribution in [-0.4, -0.2) is 25.5 Å². The summed E-state index contributed by atoms with van der Waals surface area (Å²) < 4.78 is 50.5. The number of nitrogens with two attached hydrogens (primary N) is 1. The molecule has 2 atom stereocenters. The van der Waals surface area contributed by atoms with Crippen LogP contribution in [0.4, 0.5) is 13.2 Å². The van der Waals surface area contributed by atoms with Crippen molar-refractivity contribution < 1.29 is 22.3 Å². The molecule has 74 valence electrons. The Morgan fingerprint density at radius 1 is 1.58 bits per heavy atom. The van der Waals surface area contributed by atoms with Gasteiger partial charge in [0.2, 0.25) is 0 Å². The smallest absolute Gasteiger partial charge is 0.330 e. The predicted molar refractivity (Wildman–Crippen MR) is 39.5 cm³/mol. The van der Waals surface area contributed by atoms with Crippen molar-refractivity contribution in [3.63, 3.8) is 0 Å². The Kier molecular flexibility index (Phi) is 4.82. The molecule has 0 aromatic heterocycles. The van der Waals surface area contributed by atoms with Crippen LogP contribution in [0.1, 0.15) is 6.42 Å². The van der Waals surface area contributed by atoms with Crippen molar-refractivity contribution in [3.05, 3.63) is 0 Å². The van der Waals surface area contributed by atoms with E-state index in [0.29, 0.717) is 0 Å². The maximum Gasteiger partial charge on any atom is 0.415 e. The maximum absolute atomic E-state index is 12.0. The monoisotopic (exact) mass is 205 g/mol. The highest BCUT2D eigenvalue weighted by Gasteiger charge is 2.40. The molecule has 0 spiro atoms. The topological polar surface area (TPSA) is 52.3 Å². The largest absolute Gasteiger partial charge is 0.415 e. The molecule has 0 aromatic carbocycles. The van der Waals surface area contributed by atoms with Crippen LogP contribution in [0.25, 0.3) is 0 Å². The Balaban J connectivity index is 4.13. The lowest BCUT2D eigenvalue weighted by Crippen LogP contribution is -2.31. The first-order chi connectivity index (χ1) is 5.38. The molecule has 0 aliphatic heterocycles. The Hall–Kier alpha value is -0.0600. The van der Waals surface area contributed by atoms with Crippen molar-refractivity contribution in [2.75, 3.05) is 13.2 Å². The van der Waals surface area contributed by atoms with Gasteiger partial charge in [-0.2, -0.15) is 13.2 Å². The molecular weight excluding hydrogens is 194 g/mol. The minimum absolute atomic E-state index is 0.140. The summed E-state index contributed by atoms with van der Waals surface area (Å²) in [7, 11) is -2.56. The van der Waals surface area contributed by atoms with Gasteiger partial charge in [-0.1, -0.05) is 0 Å². The second-order valence-corrected chi connectivity index (χ2v) is 3.44. The van der Waals surface area contributed by atoms with E-state index in [1.165, 1.54) is 0 Å². The van der Waals surface area contributed by atoms with Crippen LogP contribution in [-0.2, 0) is 9.09 Å². The SMILES string of the molecule is C[PH](=O)OC(CCN)C(F)(F)F. The molecule has 0 radical (unpaired) electrons. The highest BCUT2D eigenvalue weighted by molar-refractivity contribution is 7.38. The lowest BCUT2D eigenvalue weighted by molar-refractivity contribution is -0.194. The zero-order valence-corrected chi connectivity index (χ0v) is 7.52. The number of rotatable bonds is 4. The fourth-order valence-corrected chi connectivity index (χ4v) is 1.29. The van der Waals surface area contributed by atoms with Gasteiger partial charge in [-0.15, -0.1) is 0 Å². The molecule has 3 nitrogen and oxygen atoms in total. The number of alkyl halides is 3. The zero-order chi connectivity index (χ0) is 9.78. The third kappa shape index (κ3) is 4.74. The van der Waals surface area contributed by atoms with Crippen LogP contribution < -0.4 is 5.73 Å². The van der Waals surface area contributed by atoms with Crippen LogP contribution in [0.15, 0.2) is 0 Å². The number of halogens is 3. The predicted octanol–water partition coefficient (Wildman–Crippen LogP) is 1.39. The Labute approximate surface area is 68.9 Å². The van der Waals surface area contributed by atoms with E-state index in [2.05, 4.69) is 4.52 Å². The molecule has 0 rings (SSSR count). The van der Waals surface area contributed by atoms with Crippen LogP contribution >= 0.6 is 8.03 Å². The van der Waals surface area contributed by atoms with Gasteiger partial charge in [0.25, 0.3) is 0 Å². The van der Waals surface area contributed by atoms with Crippen LogP contribution in [0.2, 0.25) is 0 Å². The molecule has 0 aliphatic rings. The lowest BCUT2D eigenvalue weighted by Gasteiger charge is -2.18. The van der Waals surface area contributed by atoms with E-state index >= 15 is 0 Å². The summed E-state index contributed by atoms with van der Waals surface area (Å²) in [6.07, 6.45) is -6.82. The van der Waals surface area contributed by atoms with Gasteiger partial charge in [0, 0.05) is 6.66 Å². The second-order valence-electron chi connectivity index (χ2n) is 2.22. The first kappa shape index (κ1) is 11.9. The van der Waals surface area contributed by atoms with Crippen molar-refractivity contribution in [2.45, 2.75) is 18.7 Å². The minimum atomic E-state index is -4.48. The first-order valence-electron chi connectivity index (χ1n) is 3.32. The Bertz CT molecular complexity index is 161. The van der Waals surface area contributed by atoms with E-state index in [0.717, 1.165) is 6.66 Å². The van der Waals surface area contributed by atoms with E-state index in [1.807, 2.05) is 0 Å². The summed E-state index contributed by atoms with van der Waals surface area (Å²) in [4.78, 5) is 0. The molecule has 0 aromatic rings. The average Bonchev–Trinajstić information content (AvgIpc) is 1.83. The summed E-state index contributed by atoms with van der Waals surface area (Å²) in [5.41, 5.74) is 4.93. The van der Waals surface area contributed by atoms with Gasteiger partial charge < -0.3 is 10.3 Å². The standard InChI is InChI=1S/C5H11F3NO2P/c1-12(10)11-4(2-3-9)5(6,7)8/h4,12H,2-3,9H2,1H3. The highest BCUT2D eigenvalue weighted by Crippen LogP contribution is 2.31. The maximum atomic E-state index is 12.0. The molecular formula is C5H11F3NO2P. The van der Waals surface area contributed by atoms with Crippen LogP contribution in [0, 0.1) is 0 Å². The van der Waals surface area contributed by atoms with E-state index in [1.54, 1.807) is 0 Å². The average molecular weight is 205 g/mol. The normalized spacial score (nSPS) is 17.4. The van der Waals surface area contributed by atoms with Crippen molar-refractivity contribution in [1.82, 2.24) is 0 Å². The highest BCUT2D eigenvalue weighted by atomic mass is 31.1. The van der Waals surface area contributed by atoms with Crippen molar-refractivity contribution >= 4 is 8.03 Å². The first-order valence-corrected chi connectivity index (χ1v) is 5.13. The summed E-state index contributed by atoms with van der Waals surface area (Å²) in [6.45, 7) is 0.971. The van der Waals surface area contributed by atoms with E-state index in [9.17, 15) is 17.7 Å². The zero-order valence-electron chi connectivity index (χ0n) is 6.52. The molecule has 0 saturated carbocycles. The van der Waals surface area contributed by atoms with E-state index < -0.39 is 20.3 Å². The number of hydrogen-bond acceptors (Lipinski definition) is 3. The third-order valence-electron chi connectivity index (χ3n) is 1.10. The quantitative estimate of drug-likeness (QED) is 0.705. The van der Waals surface area contributed by atoms with Gasteiger partial charge in [-0.25, -0.2) is 0 Å². The third-order valence-corrected chi connectivity index (χ3v) is 1.72. The summed E-state index contributed by atoms with van der Waals surface area (Å²) >= 11 is 0. The fourth-order valence-electron chi connectivity index (χ4n) is 0.641. The summed E-state index contributed by atoms with van der Waals surface area (Å²) in [5, 5.41) is 0. The minimum Gasteiger partial charge on any atom is -0.330 e. The van der Waals surface area contributed by atoms with E-state index in [4.69, 9.17) is 5.73 Å². The van der Waals surface area contributed by atoms with Crippen LogP contribution in [0.5, 0.6) is 0 Å². The molecule has 2 N–H and O–H groups in total. The molecule has 0 aliphatic carbocycles. The molecule has 2 unspecified atom stereocenters. The molecule has 0 heterocycles. The van der Waals surface area contributed by atoms with Gasteiger partial charge in [-0.05, 0) is 13.0 Å². The van der Waals surface area contributed by atoms with Crippen molar-refractivity contribution in [2.24, 2.45) is 5.73 Å². The summed E-state index contributed by atoms with van der Waals surface area (Å²) in [6, 6.07) is 0. The second kappa shape index (κ2) is 4.84. The van der Waals surface area contributed by atoms with Crippen LogP contribution in [0.3, 0.4) is 0 Å². The molecule has 0 amide bonds. The Morgan fingerprint density at radius 2 is 2.08 bits per heavy atom. The summed E-state index contributed by atoms with van der Waals surface area (Å²) in [5.74, 6) is 0. The molecule has 12 heavy (non-hydrogen) atoms. The van der Waals surface area contributed by atoms with Gasteiger partial charge in [0.15, 0.2) is 14.1 Å². The van der Waals surface area contributed by atoms with Crippen molar-refractivity contribution in [1.29, 1.82) is 0 Å². The van der Waals surface area contributed by atoms with Gasteiger partial charge in [0.05, 0.1) is 0 Å². The van der Waals surface area contributed by atoms with Gasteiger partial charge in [0.1, 0.15) is 0 Å². The van der Waals surface area contributed by atoms with Crippen molar-refractivity contribution in [3.8, 4) is 0 Å².